The van der Waals surface area contributed by atoms with Crippen LogP contribution in [0.5, 0.6) is 0 Å². The van der Waals surface area contributed by atoms with Crippen LogP contribution in [0, 0.1) is 5.92 Å². The number of nitrogens with one attached hydrogen (secondary N) is 1. The lowest BCUT2D eigenvalue weighted by molar-refractivity contribution is -0.125. The smallest absolute Gasteiger partial charge is 0.224 e. The van der Waals surface area contributed by atoms with E-state index in [-0.39, 0.29) is 17.9 Å². The summed E-state index contributed by atoms with van der Waals surface area (Å²) in [7, 11) is 0. The van der Waals surface area contributed by atoms with Gasteiger partial charge in [-0.25, -0.2) is 4.98 Å². The third-order valence-corrected chi connectivity index (χ3v) is 3.66. The summed E-state index contributed by atoms with van der Waals surface area (Å²) in [6, 6.07) is 0.0217. The molecule has 0 aliphatic heterocycles. The molecule has 0 aliphatic carbocycles. The Kier molecular flexibility index (Phi) is 6.15. The molecule has 2 atom stereocenters. The summed E-state index contributed by atoms with van der Waals surface area (Å²) < 4.78 is 0. The van der Waals surface area contributed by atoms with Gasteiger partial charge >= 0.3 is 0 Å². The molecule has 0 bridgehead atoms. The van der Waals surface area contributed by atoms with E-state index < -0.39 is 0 Å². The van der Waals surface area contributed by atoms with Crippen molar-refractivity contribution in [3.8, 4) is 0 Å². The normalized spacial score (nSPS) is 14.3. The van der Waals surface area contributed by atoms with Crippen LogP contribution in [0.25, 0.3) is 0 Å². The molecule has 1 aromatic rings. The predicted octanol–water partition coefficient (Wildman–Crippen LogP) is 2.09. The number of nitrogens with two attached hydrogens (primary N) is 1. The van der Waals surface area contributed by atoms with Crippen LogP contribution in [-0.2, 0) is 4.79 Å². The molecule has 1 heterocycles. The van der Waals surface area contributed by atoms with E-state index in [2.05, 4.69) is 17.2 Å². The van der Waals surface area contributed by atoms with E-state index in [1.165, 1.54) is 0 Å². The fraction of sp³-hybridized carbons (Fsp3) is 0.667. The Morgan fingerprint density at radius 3 is 2.82 bits per heavy atom. The van der Waals surface area contributed by atoms with Gasteiger partial charge in [-0.3, -0.25) is 4.79 Å². The maximum Gasteiger partial charge on any atom is 0.224 e. The lowest BCUT2D eigenvalue weighted by Gasteiger charge is -2.19. The first-order chi connectivity index (χ1) is 8.22. The number of carbonyl (C=O) groups excluding carboxylic acids is 1. The van der Waals surface area contributed by atoms with Crippen LogP contribution in [0.15, 0.2) is 11.6 Å². The molecule has 3 N–H and O–H groups in total. The van der Waals surface area contributed by atoms with Crippen LogP contribution in [0.3, 0.4) is 0 Å². The highest BCUT2D eigenvalue weighted by Crippen LogP contribution is 2.19. The van der Waals surface area contributed by atoms with Gasteiger partial charge in [0, 0.05) is 18.1 Å². The molecule has 0 radical (unpaired) electrons. The second kappa shape index (κ2) is 7.40. The maximum absolute atomic E-state index is 12.0. The number of rotatable bonds is 7. The van der Waals surface area contributed by atoms with Gasteiger partial charge in [-0.2, -0.15) is 0 Å². The predicted molar refractivity (Wildman–Crippen MR) is 70.7 cm³/mol. The Morgan fingerprint density at radius 2 is 2.35 bits per heavy atom. The minimum Gasteiger partial charge on any atom is -0.347 e. The van der Waals surface area contributed by atoms with Gasteiger partial charge in [-0.15, -0.1) is 11.3 Å². The Labute approximate surface area is 107 Å². The standard InChI is InChI=1S/C12H21N3OS/c1-3-5-9(8-13)11(16)15-10(4-2)12-14-6-7-17-12/h6-7,9-10H,3-5,8,13H2,1-2H3,(H,15,16). The molecule has 1 aromatic heterocycles. The van der Waals surface area contributed by atoms with Crippen molar-refractivity contribution in [2.45, 2.75) is 39.2 Å². The van der Waals surface area contributed by atoms with Gasteiger partial charge in [0.1, 0.15) is 5.01 Å². The molecule has 17 heavy (non-hydrogen) atoms. The molecule has 5 heteroatoms. The average molecular weight is 255 g/mol. The largest absolute Gasteiger partial charge is 0.347 e. The van der Waals surface area contributed by atoms with Gasteiger partial charge in [0.05, 0.1) is 12.0 Å². The van der Waals surface area contributed by atoms with Gasteiger partial charge in [0.15, 0.2) is 0 Å². The Hall–Kier alpha value is -0.940. The minimum atomic E-state index is -0.0750. The van der Waals surface area contributed by atoms with E-state index in [1.54, 1.807) is 17.5 Å². The lowest BCUT2D eigenvalue weighted by atomic mass is 10.0. The summed E-state index contributed by atoms with van der Waals surface area (Å²) in [5.41, 5.74) is 5.62. The summed E-state index contributed by atoms with van der Waals surface area (Å²) in [6.45, 7) is 4.52. The summed E-state index contributed by atoms with van der Waals surface area (Å²) in [5, 5.41) is 5.93. The van der Waals surface area contributed by atoms with Gasteiger partial charge < -0.3 is 11.1 Å². The second-order valence-corrected chi connectivity index (χ2v) is 4.99. The van der Waals surface area contributed by atoms with E-state index in [0.717, 1.165) is 24.3 Å². The Bertz CT molecular complexity index is 327. The molecule has 1 amide bonds. The van der Waals surface area contributed by atoms with Crippen molar-refractivity contribution in [2.75, 3.05) is 6.54 Å². The van der Waals surface area contributed by atoms with Gasteiger partial charge in [0.25, 0.3) is 0 Å². The SMILES string of the molecule is CCCC(CN)C(=O)NC(CC)c1nccs1. The third-order valence-electron chi connectivity index (χ3n) is 2.77. The molecule has 0 aromatic carbocycles. The van der Waals surface area contributed by atoms with E-state index in [4.69, 9.17) is 5.73 Å². The zero-order chi connectivity index (χ0) is 12.7. The van der Waals surface area contributed by atoms with Crippen molar-refractivity contribution in [1.82, 2.24) is 10.3 Å². The molecule has 0 aliphatic rings. The molecular weight excluding hydrogens is 234 g/mol. The molecule has 2 unspecified atom stereocenters. The molecule has 4 nitrogen and oxygen atoms in total. The van der Waals surface area contributed by atoms with Gasteiger partial charge in [0.2, 0.25) is 5.91 Å². The number of aromatic nitrogens is 1. The quantitative estimate of drug-likeness (QED) is 0.784. The summed E-state index contributed by atoms with van der Waals surface area (Å²) in [4.78, 5) is 16.3. The summed E-state index contributed by atoms with van der Waals surface area (Å²) in [5.74, 6) is -0.0228. The van der Waals surface area contributed by atoms with E-state index >= 15 is 0 Å². The molecule has 0 spiro atoms. The first-order valence-electron chi connectivity index (χ1n) is 6.12. The fourth-order valence-corrected chi connectivity index (χ4v) is 2.51. The van der Waals surface area contributed by atoms with E-state index in [0.29, 0.717) is 6.54 Å². The summed E-state index contributed by atoms with van der Waals surface area (Å²) >= 11 is 1.57. The van der Waals surface area contributed by atoms with Crippen molar-refractivity contribution in [2.24, 2.45) is 11.7 Å². The first-order valence-corrected chi connectivity index (χ1v) is 7.00. The molecule has 1 rings (SSSR count). The molecule has 0 fully saturated rings. The number of hydrogen-bond donors (Lipinski definition) is 2. The minimum absolute atomic E-state index is 0.0217. The van der Waals surface area contributed by atoms with Crippen molar-refractivity contribution < 1.29 is 4.79 Å². The number of nitrogens with zero attached hydrogens (tertiary/aromatic N) is 1. The highest BCUT2D eigenvalue weighted by molar-refractivity contribution is 7.09. The van der Waals surface area contributed by atoms with Gasteiger partial charge in [-0.05, 0) is 12.8 Å². The topological polar surface area (TPSA) is 68.0 Å². The maximum atomic E-state index is 12.0. The van der Waals surface area contributed by atoms with Crippen LogP contribution < -0.4 is 11.1 Å². The molecule has 0 saturated heterocycles. The number of amides is 1. The zero-order valence-corrected chi connectivity index (χ0v) is 11.3. The Morgan fingerprint density at radius 1 is 1.59 bits per heavy atom. The third kappa shape index (κ3) is 4.09. The monoisotopic (exact) mass is 255 g/mol. The van der Waals surface area contributed by atoms with E-state index in [9.17, 15) is 4.79 Å². The second-order valence-electron chi connectivity index (χ2n) is 4.06. The fourth-order valence-electron chi connectivity index (χ4n) is 1.74. The molecular formula is C12H21N3OS. The van der Waals surface area contributed by atoms with Crippen LogP contribution >= 0.6 is 11.3 Å². The van der Waals surface area contributed by atoms with Crippen molar-refractivity contribution in [1.29, 1.82) is 0 Å². The van der Waals surface area contributed by atoms with Crippen LogP contribution in [0.1, 0.15) is 44.2 Å². The van der Waals surface area contributed by atoms with Crippen LogP contribution in [-0.4, -0.2) is 17.4 Å². The van der Waals surface area contributed by atoms with Crippen LogP contribution in [0.4, 0.5) is 0 Å². The molecule has 0 saturated carbocycles. The number of thiazole rings is 1. The lowest BCUT2D eigenvalue weighted by Crippen LogP contribution is -2.37. The first kappa shape index (κ1) is 14.1. The highest BCUT2D eigenvalue weighted by Gasteiger charge is 2.20. The highest BCUT2D eigenvalue weighted by atomic mass is 32.1. The van der Waals surface area contributed by atoms with Crippen molar-refractivity contribution in [3.05, 3.63) is 16.6 Å². The summed E-state index contributed by atoms with van der Waals surface area (Å²) in [6.07, 6.45) is 4.43. The molecule has 96 valence electrons. The number of carbonyl (C=O) groups is 1. The Balaban J connectivity index is 2.59. The zero-order valence-electron chi connectivity index (χ0n) is 10.5. The van der Waals surface area contributed by atoms with Crippen molar-refractivity contribution >= 4 is 17.2 Å². The average Bonchev–Trinajstić information content (AvgIpc) is 2.86. The van der Waals surface area contributed by atoms with Gasteiger partial charge in [-0.1, -0.05) is 20.3 Å². The van der Waals surface area contributed by atoms with Crippen LogP contribution in [0.2, 0.25) is 0 Å². The van der Waals surface area contributed by atoms with Crippen molar-refractivity contribution in [3.63, 3.8) is 0 Å². The van der Waals surface area contributed by atoms with E-state index in [1.807, 2.05) is 12.3 Å². The number of hydrogen-bond acceptors (Lipinski definition) is 4.